The Hall–Kier alpha value is -2.06. The summed E-state index contributed by atoms with van der Waals surface area (Å²) in [6.07, 6.45) is 3.81. The molecule has 170 valence electrons. The molecule has 1 saturated carbocycles. The Morgan fingerprint density at radius 2 is 1.94 bits per heavy atom. The van der Waals surface area contributed by atoms with Gasteiger partial charge < -0.3 is 14.8 Å². The predicted molar refractivity (Wildman–Crippen MR) is 122 cm³/mol. The number of benzene rings is 1. The van der Waals surface area contributed by atoms with Crippen LogP contribution in [0.15, 0.2) is 35.6 Å². The molecular weight excluding hydrogens is 436 g/mol. The van der Waals surface area contributed by atoms with E-state index in [0.717, 1.165) is 12.8 Å². The van der Waals surface area contributed by atoms with Crippen LogP contribution in [0.25, 0.3) is 0 Å². The second-order valence-electron chi connectivity index (χ2n) is 8.77. The third kappa shape index (κ3) is 6.01. The van der Waals surface area contributed by atoms with E-state index >= 15 is 0 Å². The molecule has 1 aromatic heterocycles. The van der Waals surface area contributed by atoms with Crippen LogP contribution in [0.2, 0.25) is 5.02 Å². The summed E-state index contributed by atoms with van der Waals surface area (Å²) in [6, 6.07) is 6.66. The van der Waals surface area contributed by atoms with Crippen molar-refractivity contribution in [1.29, 1.82) is 0 Å². The molecule has 1 aliphatic rings. The van der Waals surface area contributed by atoms with Gasteiger partial charge in [0.05, 0.1) is 24.2 Å². The molecule has 9 heteroatoms. The molecule has 2 amide bonds. The lowest BCUT2D eigenvalue weighted by atomic mass is 10.2. The molecule has 1 aliphatic carbocycles. The third-order valence-corrected chi connectivity index (χ3v) is 7.08. The molecule has 1 fully saturated rings. The van der Waals surface area contributed by atoms with Crippen molar-refractivity contribution in [2.45, 2.75) is 70.1 Å². The number of amides is 2. The number of nitrogens with zero attached hydrogens (tertiary/aromatic N) is 3. The number of urea groups is 1. The predicted octanol–water partition coefficient (Wildman–Crippen LogP) is 4.42. The Morgan fingerprint density at radius 1 is 1.26 bits per heavy atom. The molecule has 2 aromatic rings. The van der Waals surface area contributed by atoms with E-state index in [4.69, 9.17) is 11.6 Å². The lowest BCUT2D eigenvalue weighted by molar-refractivity contribution is 0.188. The Kier molecular flexibility index (Phi) is 7.31. The first-order valence-corrected chi connectivity index (χ1v) is 12.7. The van der Waals surface area contributed by atoms with Gasteiger partial charge in [-0.15, -0.1) is 0 Å². The monoisotopic (exact) mass is 466 g/mol. The van der Waals surface area contributed by atoms with Crippen LogP contribution in [0.5, 0.6) is 0 Å². The quantitative estimate of drug-likeness (QED) is 0.592. The Labute approximate surface area is 189 Å². The second kappa shape index (κ2) is 9.61. The zero-order valence-corrected chi connectivity index (χ0v) is 20.1. The van der Waals surface area contributed by atoms with Crippen molar-refractivity contribution in [2.24, 2.45) is 5.92 Å². The highest BCUT2D eigenvalue weighted by Crippen LogP contribution is 2.31. The molecule has 31 heavy (non-hydrogen) atoms. The van der Waals surface area contributed by atoms with Crippen LogP contribution in [0, 0.1) is 5.92 Å². The van der Waals surface area contributed by atoms with Crippen molar-refractivity contribution in [1.82, 2.24) is 19.8 Å². The lowest BCUT2D eigenvalue weighted by Crippen LogP contribution is -2.43. The first kappa shape index (κ1) is 23.6. The third-order valence-electron chi connectivity index (χ3n) is 5.17. The summed E-state index contributed by atoms with van der Waals surface area (Å²) in [5.41, 5.74) is 1.24. The average Bonchev–Trinajstić information content (AvgIpc) is 3.38. The molecule has 1 N–H and O–H groups in total. The van der Waals surface area contributed by atoms with Crippen LogP contribution in [0.1, 0.15) is 57.8 Å². The van der Waals surface area contributed by atoms with Gasteiger partial charge in [0.15, 0.2) is 0 Å². The molecule has 0 spiro atoms. The summed E-state index contributed by atoms with van der Waals surface area (Å²) in [6.45, 7) is 8.64. The fraction of sp³-hybridized carbons (Fsp3) is 0.545. The fourth-order valence-corrected chi connectivity index (χ4v) is 5.44. The van der Waals surface area contributed by atoms with Crippen LogP contribution >= 0.6 is 11.6 Å². The van der Waals surface area contributed by atoms with Crippen molar-refractivity contribution in [3.05, 3.63) is 46.7 Å². The van der Waals surface area contributed by atoms with Gasteiger partial charge in [-0.2, -0.15) is 0 Å². The molecule has 0 unspecified atom stereocenters. The summed E-state index contributed by atoms with van der Waals surface area (Å²) in [5, 5.41) is 3.36. The number of aromatic nitrogens is 2. The molecule has 0 saturated heterocycles. The first-order chi connectivity index (χ1) is 14.6. The molecule has 0 radical (unpaired) electrons. The summed E-state index contributed by atoms with van der Waals surface area (Å²) >= 11 is 6.18. The van der Waals surface area contributed by atoms with Crippen LogP contribution < -0.4 is 5.32 Å². The Bertz CT molecular complexity index is 1030. The van der Waals surface area contributed by atoms with Gasteiger partial charge in [-0.3, -0.25) is 0 Å². The Balaban J connectivity index is 1.90. The fourth-order valence-electron chi connectivity index (χ4n) is 3.53. The number of carbonyl (C=O) groups is 1. The highest BCUT2D eigenvalue weighted by atomic mass is 35.5. The van der Waals surface area contributed by atoms with Gasteiger partial charge in [-0.1, -0.05) is 29.8 Å². The van der Waals surface area contributed by atoms with Gasteiger partial charge >= 0.3 is 6.03 Å². The van der Waals surface area contributed by atoms with E-state index in [1.165, 1.54) is 0 Å². The molecule has 7 nitrogen and oxygen atoms in total. The van der Waals surface area contributed by atoms with Gasteiger partial charge in [-0.05, 0) is 58.1 Å². The maximum absolute atomic E-state index is 13.2. The number of hydrogen-bond acceptors (Lipinski definition) is 4. The first-order valence-electron chi connectivity index (χ1n) is 10.7. The standard InChI is InChI=1S/C22H31ClN4O3S/c1-15(2)25-21(28)26(12-17-9-10-17)13-19-11-24-22(27(19)16(3)4)31(29,30)14-18-7-5-6-8-20(18)23/h5-8,11,15-17H,9-10,12-14H2,1-4H3,(H,25,28). The molecule has 3 rings (SSSR count). The van der Waals surface area contributed by atoms with E-state index in [2.05, 4.69) is 10.3 Å². The highest BCUT2D eigenvalue weighted by molar-refractivity contribution is 7.90. The van der Waals surface area contributed by atoms with Gasteiger partial charge in [0.1, 0.15) is 0 Å². The van der Waals surface area contributed by atoms with E-state index in [9.17, 15) is 13.2 Å². The zero-order chi connectivity index (χ0) is 22.8. The summed E-state index contributed by atoms with van der Waals surface area (Å²) in [7, 11) is -3.73. The molecule has 0 atom stereocenters. The van der Waals surface area contributed by atoms with Crippen molar-refractivity contribution in [3.63, 3.8) is 0 Å². The number of imidazole rings is 1. The van der Waals surface area contributed by atoms with Crippen molar-refractivity contribution < 1.29 is 13.2 Å². The average molecular weight is 467 g/mol. The van der Waals surface area contributed by atoms with E-state index < -0.39 is 9.84 Å². The molecule has 1 aromatic carbocycles. The summed E-state index contributed by atoms with van der Waals surface area (Å²) in [5.74, 6) is 0.284. The van der Waals surface area contributed by atoms with Crippen molar-refractivity contribution in [3.8, 4) is 0 Å². The maximum atomic E-state index is 13.2. The number of rotatable bonds is 9. The topological polar surface area (TPSA) is 84.3 Å². The number of sulfone groups is 1. The van der Waals surface area contributed by atoms with E-state index in [1.807, 2.05) is 27.7 Å². The number of nitrogens with one attached hydrogen (secondary N) is 1. The minimum atomic E-state index is -3.73. The minimum Gasteiger partial charge on any atom is -0.336 e. The van der Waals surface area contributed by atoms with Crippen LogP contribution in [-0.4, -0.2) is 41.5 Å². The van der Waals surface area contributed by atoms with E-state index in [-0.39, 0.29) is 29.0 Å². The van der Waals surface area contributed by atoms with Crippen LogP contribution in [-0.2, 0) is 22.1 Å². The summed E-state index contributed by atoms with van der Waals surface area (Å²) < 4.78 is 28.1. The van der Waals surface area contributed by atoms with Crippen LogP contribution in [0.3, 0.4) is 0 Å². The second-order valence-corrected chi connectivity index (χ2v) is 11.1. The normalized spacial score (nSPS) is 14.3. The highest BCUT2D eigenvalue weighted by Gasteiger charge is 2.30. The van der Waals surface area contributed by atoms with Crippen molar-refractivity contribution in [2.75, 3.05) is 6.54 Å². The maximum Gasteiger partial charge on any atom is 0.317 e. The van der Waals surface area contributed by atoms with Gasteiger partial charge in [0.25, 0.3) is 0 Å². The summed E-state index contributed by atoms with van der Waals surface area (Å²) in [4.78, 5) is 18.8. The number of halogens is 1. The van der Waals surface area contributed by atoms with E-state index in [0.29, 0.717) is 35.3 Å². The van der Waals surface area contributed by atoms with Gasteiger partial charge in [-0.25, -0.2) is 18.2 Å². The molecule has 0 aliphatic heterocycles. The minimum absolute atomic E-state index is 0.00746. The van der Waals surface area contributed by atoms with Gasteiger partial charge in [0, 0.05) is 23.7 Å². The van der Waals surface area contributed by atoms with Crippen LogP contribution in [0.4, 0.5) is 4.79 Å². The number of hydrogen-bond donors (Lipinski definition) is 1. The smallest absolute Gasteiger partial charge is 0.317 e. The van der Waals surface area contributed by atoms with E-state index in [1.54, 1.807) is 39.9 Å². The Morgan fingerprint density at radius 3 is 2.52 bits per heavy atom. The SMILES string of the molecule is CC(C)NC(=O)N(Cc1cnc(S(=O)(=O)Cc2ccccc2Cl)n1C(C)C)CC1CC1. The van der Waals surface area contributed by atoms with Crippen molar-refractivity contribution >= 4 is 27.5 Å². The zero-order valence-electron chi connectivity index (χ0n) is 18.5. The molecule has 0 bridgehead atoms. The molecular formula is C22H31ClN4O3S. The number of carbonyl (C=O) groups excluding carboxylic acids is 1. The van der Waals surface area contributed by atoms with Gasteiger partial charge in [0.2, 0.25) is 15.0 Å². The molecule has 1 heterocycles. The lowest BCUT2D eigenvalue weighted by Gasteiger charge is -2.26. The largest absolute Gasteiger partial charge is 0.336 e.